The second kappa shape index (κ2) is 3.24. The van der Waals surface area contributed by atoms with Crippen molar-refractivity contribution in [3.8, 4) is 0 Å². The average molecular weight is 155 g/mol. The predicted molar refractivity (Wildman–Crippen MR) is 44.9 cm³/mol. The summed E-state index contributed by atoms with van der Waals surface area (Å²) in [6.45, 7) is 4.37. The quantitative estimate of drug-likeness (QED) is 0.613. The molecule has 1 saturated carbocycles. The van der Waals surface area contributed by atoms with E-state index in [9.17, 15) is 4.79 Å². The van der Waals surface area contributed by atoms with E-state index in [0.29, 0.717) is 5.92 Å². The van der Waals surface area contributed by atoms with Crippen molar-refractivity contribution >= 4 is 5.91 Å². The summed E-state index contributed by atoms with van der Waals surface area (Å²) in [5.41, 5.74) is 5.26. The van der Waals surface area contributed by atoms with E-state index in [1.165, 1.54) is 0 Å². The van der Waals surface area contributed by atoms with Crippen LogP contribution in [0.4, 0.5) is 0 Å². The van der Waals surface area contributed by atoms with Gasteiger partial charge in [0.15, 0.2) is 0 Å². The molecule has 1 aliphatic carbocycles. The van der Waals surface area contributed by atoms with E-state index >= 15 is 0 Å². The van der Waals surface area contributed by atoms with Gasteiger partial charge in [-0.3, -0.25) is 4.79 Å². The fraction of sp³-hybridized carbons (Fsp3) is 0.889. The number of hydrogen-bond acceptors (Lipinski definition) is 1. The Hall–Kier alpha value is -0.530. The van der Waals surface area contributed by atoms with E-state index in [0.717, 1.165) is 25.2 Å². The molecule has 1 amide bonds. The predicted octanol–water partition coefficient (Wildman–Crippen LogP) is 1.54. The van der Waals surface area contributed by atoms with E-state index in [4.69, 9.17) is 5.73 Å². The molecule has 0 aliphatic heterocycles. The lowest BCUT2D eigenvalue weighted by Gasteiger charge is -2.30. The fourth-order valence-electron chi connectivity index (χ4n) is 2.09. The summed E-state index contributed by atoms with van der Waals surface area (Å²) >= 11 is 0. The maximum absolute atomic E-state index is 10.9. The van der Waals surface area contributed by atoms with Gasteiger partial charge in [0.25, 0.3) is 0 Å². The van der Waals surface area contributed by atoms with Crippen molar-refractivity contribution in [3.05, 3.63) is 0 Å². The molecule has 1 rings (SSSR count). The van der Waals surface area contributed by atoms with Gasteiger partial charge >= 0.3 is 0 Å². The van der Waals surface area contributed by atoms with Crippen molar-refractivity contribution < 1.29 is 4.79 Å². The Balaban J connectivity index is 2.50. The minimum absolute atomic E-state index is 0.107. The zero-order valence-electron chi connectivity index (χ0n) is 7.34. The van der Waals surface area contributed by atoms with Crippen LogP contribution >= 0.6 is 0 Å². The van der Waals surface area contributed by atoms with Gasteiger partial charge in [0.2, 0.25) is 5.91 Å². The second-order valence-electron chi connectivity index (χ2n) is 3.90. The zero-order valence-corrected chi connectivity index (χ0v) is 7.34. The molecule has 0 heterocycles. The molecule has 2 N–H and O–H groups in total. The lowest BCUT2D eigenvalue weighted by atomic mass is 9.75. The van der Waals surface area contributed by atoms with E-state index in [2.05, 4.69) is 13.8 Å². The molecule has 0 aromatic carbocycles. The Kier molecular flexibility index (Phi) is 2.53. The van der Waals surface area contributed by atoms with E-state index in [-0.39, 0.29) is 11.8 Å². The lowest BCUT2D eigenvalue weighted by molar-refractivity contribution is -0.124. The topological polar surface area (TPSA) is 43.1 Å². The van der Waals surface area contributed by atoms with Crippen LogP contribution in [0, 0.1) is 17.8 Å². The highest BCUT2D eigenvalue weighted by Crippen LogP contribution is 2.32. The van der Waals surface area contributed by atoms with E-state index in [1.54, 1.807) is 0 Å². The van der Waals surface area contributed by atoms with Crippen molar-refractivity contribution in [3.63, 3.8) is 0 Å². The Morgan fingerprint density at radius 3 is 2.45 bits per heavy atom. The van der Waals surface area contributed by atoms with Gasteiger partial charge in [0, 0.05) is 5.92 Å². The third-order valence-corrected chi connectivity index (χ3v) is 2.80. The maximum atomic E-state index is 10.9. The van der Waals surface area contributed by atoms with Crippen LogP contribution in [0.15, 0.2) is 0 Å². The van der Waals surface area contributed by atoms with Crippen molar-refractivity contribution in [2.24, 2.45) is 23.5 Å². The van der Waals surface area contributed by atoms with Crippen LogP contribution in [0.25, 0.3) is 0 Å². The Morgan fingerprint density at radius 2 is 2.00 bits per heavy atom. The van der Waals surface area contributed by atoms with Gasteiger partial charge in [0.1, 0.15) is 0 Å². The number of carbonyl (C=O) groups is 1. The first-order valence-corrected chi connectivity index (χ1v) is 4.40. The number of carbonyl (C=O) groups excluding carboxylic acids is 1. The van der Waals surface area contributed by atoms with Crippen LogP contribution in [0.2, 0.25) is 0 Å². The summed E-state index contributed by atoms with van der Waals surface area (Å²) < 4.78 is 0. The molecule has 0 aromatic rings. The molecule has 1 fully saturated rings. The highest BCUT2D eigenvalue weighted by Gasteiger charge is 2.28. The molecule has 0 unspecified atom stereocenters. The van der Waals surface area contributed by atoms with Crippen LogP contribution in [-0.2, 0) is 4.79 Å². The Bertz CT molecular complexity index is 156. The molecule has 0 radical (unpaired) electrons. The molecule has 11 heavy (non-hydrogen) atoms. The van der Waals surface area contributed by atoms with Crippen LogP contribution in [0.1, 0.15) is 33.1 Å². The normalized spacial score (nSPS) is 38.5. The minimum atomic E-state index is -0.107. The first kappa shape index (κ1) is 8.57. The van der Waals surface area contributed by atoms with Gasteiger partial charge in [-0.25, -0.2) is 0 Å². The van der Waals surface area contributed by atoms with Gasteiger partial charge in [-0.15, -0.1) is 0 Å². The van der Waals surface area contributed by atoms with Gasteiger partial charge in [-0.05, 0) is 31.1 Å². The second-order valence-corrected chi connectivity index (χ2v) is 3.90. The molecule has 2 heteroatoms. The number of primary amides is 1. The van der Waals surface area contributed by atoms with Gasteiger partial charge in [-0.1, -0.05) is 13.8 Å². The molecule has 0 aromatic heterocycles. The molecule has 1 aliphatic rings. The van der Waals surface area contributed by atoms with Crippen LogP contribution in [-0.4, -0.2) is 5.91 Å². The maximum Gasteiger partial charge on any atom is 0.220 e. The third-order valence-electron chi connectivity index (χ3n) is 2.80. The zero-order chi connectivity index (χ0) is 8.43. The number of hydrogen-bond donors (Lipinski definition) is 1. The molecular weight excluding hydrogens is 138 g/mol. The first-order valence-electron chi connectivity index (χ1n) is 4.40. The number of rotatable bonds is 1. The Labute approximate surface area is 68.2 Å². The molecule has 2 nitrogen and oxygen atoms in total. The summed E-state index contributed by atoms with van der Waals surface area (Å²) in [7, 11) is 0. The van der Waals surface area contributed by atoms with Gasteiger partial charge in [-0.2, -0.15) is 0 Å². The van der Waals surface area contributed by atoms with Crippen molar-refractivity contribution in [1.82, 2.24) is 0 Å². The highest BCUT2D eigenvalue weighted by molar-refractivity contribution is 5.76. The van der Waals surface area contributed by atoms with E-state index in [1.807, 2.05) is 0 Å². The van der Waals surface area contributed by atoms with Crippen LogP contribution in [0.5, 0.6) is 0 Å². The number of nitrogens with two attached hydrogens (primary N) is 1. The number of amides is 1. The summed E-state index contributed by atoms with van der Waals surface area (Å²) in [5.74, 6) is 1.31. The monoisotopic (exact) mass is 155 g/mol. The highest BCUT2D eigenvalue weighted by atomic mass is 16.1. The summed E-state index contributed by atoms with van der Waals surface area (Å²) in [6.07, 6.45) is 3.32. The van der Waals surface area contributed by atoms with Crippen molar-refractivity contribution in [1.29, 1.82) is 0 Å². The van der Waals surface area contributed by atoms with Gasteiger partial charge < -0.3 is 5.73 Å². The van der Waals surface area contributed by atoms with Gasteiger partial charge in [0.05, 0.1) is 0 Å². The molecule has 3 atom stereocenters. The molecule has 0 saturated heterocycles. The molecule has 0 bridgehead atoms. The van der Waals surface area contributed by atoms with Crippen LogP contribution in [0.3, 0.4) is 0 Å². The van der Waals surface area contributed by atoms with E-state index < -0.39 is 0 Å². The van der Waals surface area contributed by atoms with Crippen LogP contribution < -0.4 is 5.73 Å². The smallest absolute Gasteiger partial charge is 0.220 e. The third kappa shape index (κ3) is 1.95. The molecular formula is C9H17NO. The summed E-state index contributed by atoms with van der Waals surface area (Å²) in [4.78, 5) is 10.9. The fourth-order valence-corrected chi connectivity index (χ4v) is 2.09. The largest absolute Gasteiger partial charge is 0.369 e. The van der Waals surface area contributed by atoms with Crippen molar-refractivity contribution in [2.75, 3.05) is 0 Å². The standard InChI is InChI=1S/C9H17NO/c1-6-3-4-8(9(10)11)7(2)5-6/h6-8H,3-5H2,1-2H3,(H2,10,11)/t6-,7+,8+/m0/s1. The minimum Gasteiger partial charge on any atom is -0.369 e. The summed E-state index contributed by atoms with van der Waals surface area (Å²) in [5, 5.41) is 0. The molecule has 0 spiro atoms. The SMILES string of the molecule is C[C@H]1CC[C@@H](C(N)=O)[C@H](C)C1. The van der Waals surface area contributed by atoms with Crippen molar-refractivity contribution in [2.45, 2.75) is 33.1 Å². The molecule has 64 valence electrons. The first-order chi connectivity index (χ1) is 5.11. The Morgan fingerprint density at radius 1 is 1.36 bits per heavy atom. The lowest BCUT2D eigenvalue weighted by Crippen LogP contribution is -2.32. The summed E-state index contributed by atoms with van der Waals surface area (Å²) in [6, 6.07) is 0. The average Bonchev–Trinajstić information content (AvgIpc) is 1.85.